The molecule has 0 saturated carbocycles. The summed E-state index contributed by atoms with van der Waals surface area (Å²) < 4.78 is 0. The normalized spacial score (nSPS) is 11.2. The number of nitriles is 1. The van der Waals surface area contributed by atoms with Gasteiger partial charge in [0.15, 0.2) is 5.71 Å². The van der Waals surface area contributed by atoms with Crippen LogP contribution < -0.4 is 0 Å². The van der Waals surface area contributed by atoms with Crippen molar-refractivity contribution in [3.05, 3.63) is 0 Å². The molecular weight excluding hydrogens is 116 g/mol. The fourth-order valence-electron chi connectivity index (χ4n) is 0.353. The quantitative estimate of drug-likeness (QED) is 0.411. The molecule has 0 amide bonds. The van der Waals surface area contributed by atoms with Gasteiger partial charge in [-0.2, -0.15) is 5.26 Å². The molecule has 0 rings (SSSR count). The molecule has 0 bridgehead atoms. The minimum absolute atomic E-state index is 0.148. The Bertz CT molecular complexity index is 144. The molecule has 0 atom stereocenters. The van der Waals surface area contributed by atoms with Crippen LogP contribution in [0.25, 0.3) is 0 Å². The second-order valence-electron chi connectivity index (χ2n) is 1.93. The molecule has 0 spiro atoms. The molecule has 0 aromatic heterocycles. The highest BCUT2D eigenvalue weighted by Crippen LogP contribution is 1.95. The molecule has 0 aliphatic carbocycles. The van der Waals surface area contributed by atoms with Gasteiger partial charge >= 0.3 is 0 Å². The van der Waals surface area contributed by atoms with Gasteiger partial charge in [-0.15, -0.1) is 0 Å². The van der Waals surface area contributed by atoms with Gasteiger partial charge in [0.25, 0.3) is 0 Å². The predicted molar refractivity (Wildman–Crippen MR) is 34.9 cm³/mol. The van der Waals surface area contributed by atoms with Gasteiger partial charge in [0.05, 0.1) is 0 Å². The van der Waals surface area contributed by atoms with E-state index in [4.69, 9.17) is 5.26 Å². The van der Waals surface area contributed by atoms with E-state index >= 15 is 0 Å². The van der Waals surface area contributed by atoms with Crippen molar-refractivity contribution in [2.45, 2.75) is 13.8 Å². The monoisotopic (exact) mass is 126 g/mol. The molecule has 0 saturated heterocycles. The van der Waals surface area contributed by atoms with Gasteiger partial charge in [-0.05, 0) is 0 Å². The summed E-state index contributed by atoms with van der Waals surface area (Å²) in [5, 5.41) is 11.9. The number of hydrogen-bond acceptors (Lipinski definition) is 3. The van der Waals surface area contributed by atoms with E-state index in [2.05, 4.69) is 9.99 Å². The van der Waals surface area contributed by atoms with Crippen LogP contribution in [0.2, 0.25) is 0 Å². The van der Waals surface area contributed by atoms with Gasteiger partial charge in [-0.3, -0.25) is 0 Å². The number of rotatable bonds is 2. The van der Waals surface area contributed by atoms with E-state index in [9.17, 15) is 0 Å². The predicted octanol–water partition coefficient (Wildman–Crippen LogP) is 1.17. The Balaban J connectivity index is 4.02. The number of oxime groups is 1. The summed E-state index contributed by atoms with van der Waals surface area (Å²) in [5.41, 5.74) is 0.428. The standard InChI is InChI=1S/C6H10N2O/c1-5(2)6(4-7)8-9-3/h5H,1-3H3. The molecule has 50 valence electrons. The average molecular weight is 126 g/mol. The van der Waals surface area contributed by atoms with Crippen molar-refractivity contribution < 1.29 is 4.84 Å². The first kappa shape index (κ1) is 7.96. The smallest absolute Gasteiger partial charge is 0.159 e. The van der Waals surface area contributed by atoms with Crippen LogP contribution >= 0.6 is 0 Å². The molecule has 3 heteroatoms. The molecule has 3 nitrogen and oxygen atoms in total. The van der Waals surface area contributed by atoms with Gasteiger partial charge in [0.1, 0.15) is 13.2 Å². The Morgan fingerprint density at radius 2 is 2.22 bits per heavy atom. The lowest BCUT2D eigenvalue weighted by molar-refractivity contribution is 0.212. The second-order valence-corrected chi connectivity index (χ2v) is 1.93. The highest BCUT2D eigenvalue weighted by atomic mass is 16.6. The van der Waals surface area contributed by atoms with Gasteiger partial charge in [-0.25, -0.2) is 0 Å². The average Bonchev–Trinajstić information content (AvgIpc) is 1.82. The molecule has 0 aliphatic rings. The fraction of sp³-hybridized carbons (Fsp3) is 0.667. The van der Waals surface area contributed by atoms with Crippen LogP contribution in [-0.4, -0.2) is 12.8 Å². The third-order valence-corrected chi connectivity index (χ3v) is 0.851. The Morgan fingerprint density at radius 1 is 1.67 bits per heavy atom. The zero-order chi connectivity index (χ0) is 7.28. The molecule has 9 heavy (non-hydrogen) atoms. The molecule has 0 fully saturated rings. The molecule has 0 radical (unpaired) electrons. The third kappa shape index (κ3) is 2.70. The van der Waals surface area contributed by atoms with Gasteiger partial charge in [0, 0.05) is 5.92 Å². The lowest BCUT2D eigenvalue weighted by Crippen LogP contribution is -2.03. The van der Waals surface area contributed by atoms with Crippen molar-refractivity contribution in [3.63, 3.8) is 0 Å². The summed E-state index contributed by atoms with van der Waals surface area (Å²) in [6.07, 6.45) is 0. The largest absolute Gasteiger partial charge is 0.398 e. The Hall–Kier alpha value is -1.04. The molecule has 0 aromatic carbocycles. The molecule has 0 aliphatic heterocycles. The van der Waals surface area contributed by atoms with Crippen molar-refractivity contribution in [3.8, 4) is 6.07 Å². The van der Waals surface area contributed by atoms with Crippen LogP contribution in [0, 0.1) is 17.2 Å². The second kappa shape index (κ2) is 3.90. The summed E-state index contributed by atoms with van der Waals surface area (Å²) in [6.45, 7) is 3.78. The van der Waals surface area contributed by atoms with Gasteiger partial charge < -0.3 is 4.84 Å². The van der Waals surface area contributed by atoms with E-state index < -0.39 is 0 Å². The van der Waals surface area contributed by atoms with E-state index in [0.717, 1.165) is 0 Å². The molecular formula is C6H10N2O. The van der Waals surface area contributed by atoms with Crippen molar-refractivity contribution in [2.75, 3.05) is 7.11 Å². The molecule has 0 unspecified atom stereocenters. The molecule has 0 aromatic rings. The van der Waals surface area contributed by atoms with Crippen LogP contribution in [0.4, 0.5) is 0 Å². The summed E-state index contributed by atoms with van der Waals surface area (Å²) in [5.74, 6) is 0.148. The number of nitrogens with zero attached hydrogens (tertiary/aromatic N) is 2. The van der Waals surface area contributed by atoms with Gasteiger partial charge in [-0.1, -0.05) is 19.0 Å². The summed E-state index contributed by atoms with van der Waals surface area (Å²) in [4.78, 5) is 4.42. The molecule has 0 heterocycles. The van der Waals surface area contributed by atoms with E-state index in [1.807, 2.05) is 19.9 Å². The Kier molecular flexibility index (Phi) is 3.45. The van der Waals surface area contributed by atoms with E-state index in [0.29, 0.717) is 5.71 Å². The van der Waals surface area contributed by atoms with Gasteiger partial charge in [0.2, 0.25) is 0 Å². The van der Waals surface area contributed by atoms with Crippen LogP contribution in [0.15, 0.2) is 5.16 Å². The van der Waals surface area contributed by atoms with Crippen LogP contribution in [-0.2, 0) is 4.84 Å². The SMILES string of the molecule is CON=C(C#N)C(C)C. The van der Waals surface area contributed by atoms with Crippen molar-refractivity contribution in [1.29, 1.82) is 5.26 Å². The zero-order valence-corrected chi connectivity index (χ0v) is 5.88. The number of hydrogen-bond donors (Lipinski definition) is 0. The van der Waals surface area contributed by atoms with E-state index in [-0.39, 0.29) is 5.92 Å². The topological polar surface area (TPSA) is 45.4 Å². The lowest BCUT2D eigenvalue weighted by atomic mass is 10.1. The first-order chi connectivity index (χ1) is 4.22. The van der Waals surface area contributed by atoms with Crippen LogP contribution in [0.1, 0.15) is 13.8 Å². The molecule has 0 N–H and O–H groups in total. The first-order valence-corrected chi connectivity index (χ1v) is 2.73. The van der Waals surface area contributed by atoms with Crippen molar-refractivity contribution in [1.82, 2.24) is 0 Å². The minimum Gasteiger partial charge on any atom is -0.398 e. The highest BCUT2D eigenvalue weighted by Gasteiger charge is 2.02. The summed E-state index contributed by atoms with van der Waals surface area (Å²) >= 11 is 0. The summed E-state index contributed by atoms with van der Waals surface area (Å²) in [7, 11) is 1.43. The summed E-state index contributed by atoms with van der Waals surface area (Å²) in [6, 6.07) is 1.93. The Labute approximate surface area is 54.9 Å². The van der Waals surface area contributed by atoms with Crippen LogP contribution in [0.3, 0.4) is 0 Å². The van der Waals surface area contributed by atoms with Crippen LogP contribution in [0.5, 0.6) is 0 Å². The lowest BCUT2D eigenvalue weighted by Gasteiger charge is -1.96. The van der Waals surface area contributed by atoms with Crippen molar-refractivity contribution in [2.24, 2.45) is 11.1 Å². The van der Waals surface area contributed by atoms with Crippen molar-refractivity contribution >= 4 is 5.71 Å². The maximum absolute atomic E-state index is 8.37. The third-order valence-electron chi connectivity index (χ3n) is 0.851. The highest BCUT2D eigenvalue weighted by molar-refractivity contribution is 5.99. The maximum atomic E-state index is 8.37. The minimum atomic E-state index is 0.148. The fourth-order valence-corrected chi connectivity index (χ4v) is 0.353. The van der Waals surface area contributed by atoms with E-state index in [1.54, 1.807) is 0 Å². The Morgan fingerprint density at radius 3 is 2.33 bits per heavy atom. The zero-order valence-electron chi connectivity index (χ0n) is 5.88. The van der Waals surface area contributed by atoms with E-state index in [1.165, 1.54) is 7.11 Å². The maximum Gasteiger partial charge on any atom is 0.159 e. The first-order valence-electron chi connectivity index (χ1n) is 2.73.